The van der Waals surface area contributed by atoms with Gasteiger partial charge >= 0.3 is 12.1 Å². The molecule has 1 aromatic heterocycles. The summed E-state index contributed by atoms with van der Waals surface area (Å²) >= 11 is 6.02. The maximum Gasteiger partial charge on any atom is 0.389 e. The van der Waals surface area contributed by atoms with Crippen molar-refractivity contribution in [3.05, 3.63) is 86.5 Å². The van der Waals surface area contributed by atoms with Gasteiger partial charge in [0.05, 0.1) is 12.0 Å². The molecule has 3 aromatic rings. The fraction of sp³-hybridized carbons (Fsp3) is 0.250. The number of nitrogens with zero attached hydrogens (tertiary/aromatic N) is 1. The van der Waals surface area contributed by atoms with Crippen LogP contribution in [0.5, 0.6) is 17.2 Å². The number of aromatic nitrogens is 1. The van der Waals surface area contributed by atoms with Crippen LogP contribution in [-0.4, -0.2) is 26.9 Å². The van der Waals surface area contributed by atoms with Crippen LogP contribution in [0.3, 0.4) is 0 Å². The summed E-state index contributed by atoms with van der Waals surface area (Å²) in [6.45, 7) is 3.08. The van der Waals surface area contributed by atoms with Gasteiger partial charge in [-0.3, -0.25) is 4.79 Å². The number of hydrogen-bond acceptors (Lipinski definition) is 4. The molecule has 1 heterocycles. The smallest absolute Gasteiger partial charge is 0.389 e. The predicted octanol–water partition coefficient (Wildman–Crippen LogP) is 6.42. The molecular weight excluding hydrogens is 494 g/mol. The number of alkyl halides is 3. The van der Waals surface area contributed by atoms with Crippen molar-refractivity contribution in [1.82, 2.24) is 4.57 Å². The zero-order valence-electron chi connectivity index (χ0n) is 18.9. The van der Waals surface area contributed by atoms with Crippen molar-refractivity contribution in [2.45, 2.75) is 32.4 Å². The summed E-state index contributed by atoms with van der Waals surface area (Å²) in [6, 6.07) is 8.78. The Bertz CT molecular complexity index is 1250. The Balaban J connectivity index is 0.000000360. The SMILES string of the molecule is C[C@H](CC(F)(F)F)c1ccc(Oc2ccc(F)c(C(=O)O)c2)cc1Cl.Cc1cc(O)cn(C)c1=O. The molecule has 6 nitrogen and oxygen atoms in total. The monoisotopic (exact) mass is 515 g/mol. The number of aryl methyl sites for hydroxylation is 2. The van der Waals surface area contributed by atoms with E-state index < -0.39 is 35.9 Å². The van der Waals surface area contributed by atoms with Gasteiger partial charge in [0.1, 0.15) is 23.1 Å². The molecule has 188 valence electrons. The van der Waals surface area contributed by atoms with Crippen molar-refractivity contribution in [1.29, 1.82) is 0 Å². The Morgan fingerprint density at radius 3 is 2.29 bits per heavy atom. The molecule has 3 rings (SSSR count). The fourth-order valence-corrected chi connectivity index (χ4v) is 3.51. The van der Waals surface area contributed by atoms with Crippen molar-refractivity contribution in [3.63, 3.8) is 0 Å². The number of halogens is 5. The number of aromatic hydroxyl groups is 1. The lowest BCUT2D eigenvalue weighted by atomic mass is 9.97. The number of aromatic carboxylic acids is 1. The number of benzene rings is 2. The summed E-state index contributed by atoms with van der Waals surface area (Å²) in [7, 11) is 1.61. The molecule has 11 heteroatoms. The highest BCUT2D eigenvalue weighted by Gasteiger charge is 2.31. The van der Waals surface area contributed by atoms with Crippen LogP contribution in [-0.2, 0) is 7.05 Å². The van der Waals surface area contributed by atoms with Crippen molar-refractivity contribution in [2.24, 2.45) is 7.05 Å². The molecule has 0 aliphatic rings. The first-order chi connectivity index (χ1) is 16.2. The summed E-state index contributed by atoms with van der Waals surface area (Å²) in [5.41, 5.74) is 0.246. The second kappa shape index (κ2) is 11.3. The zero-order chi connectivity index (χ0) is 26.5. The van der Waals surface area contributed by atoms with Crippen LogP contribution in [0.1, 0.15) is 40.7 Å². The summed E-state index contributed by atoms with van der Waals surface area (Å²) in [6.07, 6.45) is -3.93. The third-order valence-electron chi connectivity index (χ3n) is 4.79. The first-order valence-corrected chi connectivity index (χ1v) is 10.5. The molecule has 0 saturated carbocycles. The third kappa shape index (κ3) is 8.03. The highest BCUT2D eigenvalue weighted by atomic mass is 35.5. The van der Waals surface area contributed by atoms with Gasteiger partial charge in [-0.25, -0.2) is 9.18 Å². The van der Waals surface area contributed by atoms with Gasteiger partial charge < -0.3 is 19.5 Å². The number of hydrogen-bond donors (Lipinski definition) is 2. The molecule has 2 aromatic carbocycles. The van der Waals surface area contributed by atoms with E-state index in [1.807, 2.05) is 0 Å². The minimum atomic E-state index is -4.31. The minimum absolute atomic E-state index is 0.0611. The van der Waals surface area contributed by atoms with Crippen molar-refractivity contribution < 1.29 is 37.3 Å². The number of carboxylic acid groups (broad SMARTS) is 1. The third-order valence-corrected chi connectivity index (χ3v) is 5.12. The van der Waals surface area contributed by atoms with Gasteiger partial charge in [-0.1, -0.05) is 24.6 Å². The summed E-state index contributed by atoms with van der Waals surface area (Å²) in [5.74, 6) is -2.81. The first kappa shape index (κ1) is 27.7. The Hall–Kier alpha value is -3.53. The normalized spacial score (nSPS) is 11.9. The average molecular weight is 516 g/mol. The molecule has 0 amide bonds. The molecule has 0 bridgehead atoms. The fourth-order valence-electron chi connectivity index (χ4n) is 3.15. The van der Waals surface area contributed by atoms with Crippen LogP contribution in [0.25, 0.3) is 0 Å². The van der Waals surface area contributed by atoms with E-state index in [0.717, 1.165) is 12.1 Å². The van der Waals surface area contributed by atoms with Gasteiger partial charge in [0.25, 0.3) is 5.56 Å². The largest absolute Gasteiger partial charge is 0.506 e. The lowest BCUT2D eigenvalue weighted by Gasteiger charge is -2.16. The first-order valence-electron chi connectivity index (χ1n) is 10.1. The maximum atomic E-state index is 13.4. The number of pyridine rings is 1. The van der Waals surface area contributed by atoms with Gasteiger partial charge in [0, 0.05) is 23.8 Å². The van der Waals surface area contributed by atoms with Crippen LogP contribution < -0.4 is 10.3 Å². The molecular formula is C24H22ClF4NO5. The summed E-state index contributed by atoms with van der Waals surface area (Å²) in [4.78, 5) is 21.9. The van der Waals surface area contributed by atoms with E-state index in [9.17, 15) is 27.2 Å². The van der Waals surface area contributed by atoms with E-state index in [1.54, 1.807) is 14.0 Å². The van der Waals surface area contributed by atoms with Crippen molar-refractivity contribution >= 4 is 17.6 Å². The molecule has 0 unspecified atom stereocenters. The number of carbonyl (C=O) groups is 1. The van der Waals surface area contributed by atoms with Crippen LogP contribution in [0.4, 0.5) is 17.6 Å². The van der Waals surface area contributed by atoms with Gasteiger partial charge in [-0.15, -0.1) is 0 Å². The average Bonchev–Trinajstić information content (AvgIpc) is 2.72. The number of rotatable bonds is 5. The Kier molecular flexibility index (Phi) is 8.92. The maximum absolute atomic E-state index is 13.4. The van der Waals surface area contributed by atoms with Crippen molar-refractivity contribution in [3.8, 4) is 17.2 Å². The quantitative estimate of drug-likeness (QED) is 0.382. The Morgan fingerprint density at radius 1 is 1.14 bits per heavy atom. The van der Waals surface area contributed by atoms with Gasteiger partial charge in [-0.05, 0) is 54.8 Å². The molecule has 1 atom stereocenters. The molecule has 35 heavy (non-hydrogen) atoms. The molecule has 0 aliphatic heterocycles. The molecule has 0 fully saturated rings. The van der Waals surface area contributed by atoms with Crippen LogP contribution in [0.15, 0.2) is 53.5 Å². The van der Waals surface area contributed by atoms with Crippen LogP contribution in [0.2, 0.25) is 5.02 Å². The van der Waals surface area contributed by atoms with Gasteiger partial charge in [-0.2, -0.15) is 13.2 Å². The van der Waals surface area contributed by atoms with E-state index in [-0.39, 0.29) is 27.8 Å². The number of carboxylic acids is 1. The highest BCUT2D eigenvalue weighted by molar-refractivity contribution is 6.31. The predicted molar refractivity (Wildman–Crippen MR) is 122 cm³/mol. The van der Waals surface area contributed by atoms with E-state index in [4.69, 9.17) is 26.6 Å². The van der Waals surface area contributed by atoms with E-state index in [2.05, 4.69) is 0 Å². The second-order valence-electron chi connectivity index (χ2n) is 7.75. The van der Waals surface area contributed by atoms with Crippen LogP contribution >= 0.6 is 11.6 Å². The Morgan fingerprint density at radius 2 is 1.74 bits per heavy atom. The Labute approximate surface area is 203 Å². The lowest BCUT2D eigenvalue weighted by Crippen LogP contribution is -2.17. The van der Waals surface area contributed by atoms with E-state index >= 15 is 0 Å². The summed E-state index contributed by atoms with van der Waals surface area (Å²) < 4.78 is 57.5. The molecule has 0 spiro atoms. The van der Waals surface area contributed by atoms with Crippen LogP contribution in [0, 0.1) is 12.7 Å². The zero-order valence-corrected chi connectivity index (χ0v) is 19.6. The molecule has 0 aliphatic carbocycles. The second-order valence-corrected chi connectivity index (χ2v) is 8.16. The minimum Gasteiger partial charge on any atom is -0.506 e. The molecule has 0 radical (unpaired) electrons. The topological polar surface area (TPSA) is 88.8 Å². The highest BCUT2D eigenvalue weighted by Crippen LogP contribution is 2.36. The summed E-state index contributed by atoms with van der Waals surface area (Å²) in [5, 5.41) is 17.9. The van der Waals surface area contributed by atoms with E-state index in [1.165, 1.54) is 48.0 Å². The standard InChI is InChI=1S/C17H13ClF4O3.C7H9NO2/c1-9(8-17(20,21)22)12-4-2-11(7-14(12)18)25-10-3-5-15(19)13(6-10)16(23)24;1-5-3-6(9)4-8(2)7(5)10/h2-7,9H,8H2,1H3,(H,23,24);3-4,9H,1-2H3/t9-;/m1./s1. The van der Waals surface area contributed by atoms with Gasteiger partial charge in [0.2, 0.25) is 0 Å². The van der Waals surface area contributed by atoms with E-state index in [0.29, 0.717) is 11.1 Å². The molecule has 0 saturated heterocycles. The number of ether oxygens (including phenoxy) is 1. The lowest BCUT2D eigenvalue weighted by molar-refractivity contribution is -0.137. The van der Waals surface area contributed by atoms with Crippen molar-refractivity contribution in [2.75, 3.05) is 0 Å². The van der Waals surface area contributed by atoms with Gasteiger partial charge in [0.15, 0.2) is 0 Å². The molecule has 2 N–H and O–H groups in total.